The van der Waals surface area contributed by atoms with Crippen molar-refractivity contribution in [3.8, 4) is 11.9 Å². The average Bonchev–Trinajstić information content (AvgIpc) is 3.30. The van der Waals surface area contributed by atoms with E-state index in [-0.39, 0.29) is 6.10 Å². The van der Waals surface area contributed by atoms with Gasteiger partial charge in [0.2, 0.25) is 5.88 Å². The normalized spacial score (nSPS) is 21.3. The number of hydrogen-bond acceptors (Lipinski definition) is 4. The zero-order valence-corrected chi connectivity index (χ0v) is 13.1. The Morgan fingerprint density at radius 2 is 2.17 bits per heavy atom. The molecule has 5 heteroatoms. The molecule has 0 amide bonds. The number of nitrogens with zero attached hydrogens (tertiary/aromatic N) is 4. The topological polar surface area (TPSA) is 54.1 Å². The van der Waals surface area contributed by atoms with Gasteiger partial charge in [-0.1, -0.05) is 0 Å². The smallest absolute Gasteiger partial charge is 0.213 e. The van der Waals surface area contributed by atoms with Crippen LogP contribution in [0.15, 0.2) is 36.7 Å². The number of rotatable bonds is 4. The van der Waals surface area contributed by atoms with Crippen molar-refractivity contribution in [1.82, 2.24) is 14.5 Å². The summed E-state index contributed by atoms with van der Waals surface area (Å²) in [5.74, 6) is 1.46. The molecule has 0 bridgehead atoms. The first-order chi connectivity index (χ1) is 11.3. The molecule has 1 saturated carbocycles. The molecule has 4 rings (SSSR count). The van der Waals surface area contributed by atoms with Gasteiger partial charge >= 0.3 is 0 Å². The van der Waals surface area contributed by atoms with E-state index in [9.17, 15) is 0 Å². The summed E-state index contributed by atoms with van der Waals surface area (Å²) in [5.41, 5.74) is 1.91. The summed E-state index contributed by atoms with van der Waals surface area (Å²) < 4.78 is 8.39. The number of pyridine rings is 1. The van der Waals surface area contributed by atoms with Crippen molar-refractivity contribution >= 4 is 0 Å². The molecule has 2 aromatic heterocycles. The highest BCUT2D eigenvalue weighted by atomic mass is 16.5. The Morgan fingerprint density at radius 3 is 2.91 bits per heavy atom. The molecule has 1 aliphatic heterocycles. The minimum Gasteiger partial charge on any atom is -0.471 e. The van der Waals surface area contributed by atoms with Gasteiger partial charge in [0.1, 0.15) is 12.2 Å². The highest BCUT2D eigenvalue weighted by Crippen LogP contribution is 2.31. The van der Waals surface area contributed by atoms with Crippen molar-refractivity contribution in [2.75, 3.05) is 13.1 Å². The van der Waals surface area contributed by atoms with Gasteiger partial charge in [0.05, 0.1) is 12.1 Å². The molecule has 0 aromatic carbocycles. The molecule has 2 aliphatic rings. The lowest BCUT2D eigenvalue weighted by Gasteiger charge is -2.24. The minimum absolute atomic E-state index is 0.0721. The molecule has 23 heavy (non-hydrogen) atoms. The summed E-state index contributed by atoms with van der Waals surface area (Å²) in [6, 6.07) is 9.92. The summed E-state index contributed by atoms with van der Waals surface area (Å²) in [6.07, 6.45) is 6.48. The standard InChI is InChI=1S/C18H20N4O/c19-8-15-5-6-18(20-9-15)23-17-12-21(10-14-3-4-14)11-16-2-1-7-22(16)13-17/h1-2,5-7,9,14,17H,3-4,10-13H2/t17-/m0/s1. The summed E-state index contributed by atoms with van der Waals surface area (Å²) in [6.45, 7) is 3.90. The molecule has 1 fully saturated rings. The molecular weight excluding hydrogens is 288 g/mol. The zero-order chi connectivity index (χ0) is 15.6. The lowest BCUT2D eigenvalue weighted by molar-refractivity contribution is 0.120. The van der Waals surface area contributed by atoms with Crippen LogP contribution in [0, 0.1) is 17.2 Å². The SMILES string of the molecule is N#Cc1ccc(O[C@H]2CN(CC3CC3)Cc3cccn3C2)nc1. The molecule has 2 aromatic rings. The van der Waals surface area contributed by atoms with Gasteiger partial charge < -0.3 is 9.30 Å². The third-order valence-electron chi connectivity index (χ3n) is 4.54. The molecule has 0 saturated heterocycles. The Kier molecular flexibility index (Phi) is 3.76. The Bertz CT molecular complexity index is 711. The highest BCUT2D eigenvalue weighted by Gasteiger charge is 2.29. The molecular formula is C18H20N4O. The number of hydrogen-bond donors (Lipinski definition) is 0. The van der Waals surface area contributed by atoms with Crippen LogP contribution in [0.5, 0.6) is 5.88 Å². The summed E-state index contributed by atoms with van der Waals surface area (Å²) in [5, 5.41) is 8.86. The molecule has 0 radical (unpaired) electrons. The average molecular weight is 308 g/mol. The van der Waals surface area contributed by atoms with E-state index in [0.717, 1.165) is 32.1 Å². The summed E-state index contributed by atoms with van der Waals surface area (Å²) in [7, 11) is 0. The van der Waals surface area contributed by atoms with Crippen molar-refractivity contribution < 1.29 is 4.74 Å². The van der Waals surface area contributed by atoms with Crippen molar-refractivity contribution in [2.45, 2.75) is 32.0 Å². The van der Waals surface area contributed by atoms with E-state index in [2.05, 4.69) is 38.8 Å². The van der Waals surface area contributed by atoms with Gasteiger partial charge in [0.25, 0.3) is 0 Å². The second-order valence-corrected chi connectivity index (χ2v) is 6.53. The van der Waals surface area contributed by atoms with E-state index in [1.165, 1.54) is 18.5 Å². The van der Waals surface area contributed by atoms with Crippen LogP contribution < -0.4 is 4.74 Å². The van der Waals surface area contributed by atoms with E-state index < -0.39 is 0 Å². The van der Waals surface area contributed by atoms with Crippen LogP contribution in [-0.4, -0.2) is 33.6 Å². The molecule has 0 spiro atoms. The van der Waals surface area contributed by atoms with Gasteiger partial charge in [0.15, 0.2) is 0 Å². The quantitative estimate of drug-likeness (QED) is 0.870. The van der Waals surface area contributed by atoms with E-state index in [1.54, 1.807) is 18.3 Å². The predicted molar refractivity (Wildman–Crippen MR) is 85.8 cm³/mol. The van der Waals surface area contributed by atoms with Gasteiger partial charge in [0, 0.05) is 43.8 Å². The van der Waals surface area contributed by atoms with Crippen LogP contribution in [0.25, 0.3) is 0 Å². The van der Waals surface area contributed by atoms with Crippen molar-refractivity contribution in [3.63, 3.8) is 0 Å². The maximum atomic E-state index is 8.86. The van der Waals surface area contributed by atoms with Crippen LogP contribution in [0.3, 0.4) is 0 Å². The van der Waals surface area contributed by atoms with Gasteiger partial charge in [-0.15, -0.1) is 0 Å². The molecule has 1 atom stereocenters. The van der Waals surface area contributed by atoms with Gasteiger partial charge in [-0.05, 0) is 37.0 Å². The molecule has 5 nitrogen and oxygen atoms in total. The largest absolute Gasteiger partial charge is 0.471 e. The summed E-state index contributed by atoms with van der Waals surface area (Å²) in [4.78, 5) is 6.75. The second-order valence-electron chi connectivity index (χ2n) is 6.53. The van der Waals surface area contributed by atoms with Gasteiger partial charge in [-0.3, -0.25) is 4.90 Å². The molecule has 118 valence electrons. The lowest BCUT2D eigenvalue weighted by atomic mass is 10.3. The van der Waals surface area contributed by atoms with Crippen LogP contribution in [0.4, 0.5) is 0 Å². The molecule has 0 N–H and O–H groups in total. The van der Waals surface area contributed by atoms with Gasteiger partial charge in [-0.25, -0.2) is 4.98 Å². The fourth-order valence-electron chi connectivity index (χ4n) is 3.20. The van der Waals surface area contributed by atoms with E-state index in [1.807, 2.05) is 0 Å². The maximum Gasteiger partial charge on any atom is 0.213 e. The van der Waals surface area contributed by atoms with Crippen LogP contribution >= 0.6 is 0 Å². The number of aromatic nitrogens is 2. The van der Waals surface area contributed by atoms with Gasteiger partial charge in [-0.2, -0.15) is 5.26 Å². The summed E-state index contributed by atoms with van der Waals surface area (Å²) >= 11 is 0. The van der Waals surface area contributed by atoms with E-state index in [4.69, 9.17) is 10.00 Å². The first kappa shape index (κ1) is 14.3. The number of nitriles is 1. The minimum atomic E-state index is 0.0721. The Hall–Kier alpha value is -2.32. The Labute approximate surface area is 136 Å². The first-order valence-corrected chi connectivity index (χ1v) is 8.19. The number of ether oxygens (including phenoxy) is 1. The van der Waals surface area contributed by atoms with Crippen molar-refractivity contribution in [1.29, 1.82) is 5.26 Å². The van der Waals surface area contributed by atoms with Crippen molar-refractivity contribution in [2.24, 2.45) is 5.92 Å². The highest BCUT2D eigenvalue weighted by molar-refractivity contribution is 5.28. The second kappa shape index (κ2) is 6.05. The fourth-order valence-corrected chi connectivity index (χ4v) is 3.20. The Balaban J connectivity index is 1.50. The van der Waals surface area contributed by atoms with E-state index in [0.29, 0.717) is 11.4 Å². The van der Waals surface area contributed by atoms with Crippen LogP contribution in [0.1, 0.15) is 24.1 Å². The predicted octanol–water partition coefficient (Wildman–Crippen LogP) is 2.43. The maximum absolute atomic E-state index is 8.86. The lowest BCUT2D eigenvalue weighted by Crippen LogP contribution is -2.36. The molecule has 0 unspecified atom stereocenters. The monoisotopic (exact) mass is 308 g/mol. The number of fused-ring (bicyclic) bond motifs is 1. The van der Waals surface area contributed by atoms with Crippen LogP contribution in [-0.2, 0) is 13.1 Å². The third kappa shape index (κ3) is 3.38. The first-order valence-electron chi connectivity index (χ1n) is 8.19. The molecule has 3 heterocycles. The fraction of sp³-hybridized carbons (Fsp3) is 0.444. The zero-order valence-electron chi connectivity index (χ0n) is 13.1. The Morgan fingerprint density at radius 1 is 1.26 bits per heavy atom. The van der Waals surface area contributed by atoms with Crippen LogP contribution in [0.2, 0.25) is 0 Å². The van der Waals surface area contributed by atoms with E-state index >= 15 is 0 Å². The molecule has 1 aliphatic carbocycles. The van der Waals surface area contributed by atoms with Crippen molar-refractivity contribution in [3.05, 3.63) is 47.9 Å². The third-order valence-corrected chi connectivity index (χ3v) is 4.54.